The number of ether oxygens (including phenoxy) is 2. The molecule has 1 aromatic heterocycles. The Hall–Kier alpha value is -3.44. The summed E-state index contributed by atoms with van der Waals surface area (Å²) < 4.78 is 35.1. The number of nitrogens with zero attached hydrogens (tertiary/aromatic N) is 2. The highest BCUT2D eigenvalue weighted by molar-refractivity contribution is 8.14. The van der Waals surface area contributed by atoms with Gasteiger partial charge in [0.1, 0.15) is 0 Å². The van der Waals surface area contributed by atoms with E-state index < -0.39 is 6.61 Å². The van der Waals surface area contributed by atoms with E-state index in [9.17, 15) is 18.4 Å². The van der Waals surface area contributed by atoms with Crippen LogP contribution in [0.4, 0.5) is 19.3 Å². The van der Waals surface area contributed by atoms with Crippen molar-refractivity contribution in [3.63, 3.8) is 0 Å². The second kappa shape index (κ2) is 11.5. The highest BCUT2D eigenvalue weighted by atomic mass is 32.2. The fourth-order valence-electron chi connectivity index (χ4n) is 3.58. The molecule has 1 unspecified atom stereocenters. The van der Waals surface area contributed by atoms with E-state index in [0.29, 0.717) is 28.3 Å². The number of halogens is 2. The summed E-state index contributed by atoms with van der Waals surface area (Å²) in [6, 6.07) is 15.4. The molecule has 1 aliphatic rings. The number of amides is 2. The molecule has 188 valence electrons. The van der Waals surface area contributed by atoms with Crippen LogP contribution in [0.3, 0.4) is 0 Å². The first-order chi connectivity index (χ1) is 17.4. The van der Waals surface area contributed by atoms with Gasteiger partial charge in [-0.15, -0.1) is 11.3 Å². The van der Waals surface area contributed by atoms with Gasteiger partial charge in [-0.3, -0.25) is 9.59 Å². The van der Waals surface area contributed by atoms with Gasteiger partial charge in [-0.1, -0.05) is 36.9 Å². The van der Waals surface area contributed by atoms with Crippen LogP contribution >= 0.6 is 23.1 Å². The summed E-state index contributed by atoms with van der Waals surface area (Å²) in [6.07, 6.45) is 0.652. The molecule has 0 saturated heterocycles. The van der Waals surface area contributed by atoms with Crippen LogP contribution in [0.5, 0.6) is 11.5 Å². The van der Waals surface area contributed by atoms with E-state index in [2.05, 4.69) is 15.2 Å². The minimum absolute atomic E-state index is 0.0763. The first-order valence-electron chi connectivity index (χ1n) is 11.0. The van der Waals surface area contributed by atoms with E-state index in [0.717, 1.165) is 17.3 Å². The molecule has 0 fully saturated rings. The van der Waals surface area contributed by atoms with E-state index in [1.165, 1.54) is 29.5 Å². The molecule has 0 bridgehead atoms. The van der Waals surface area contributed by atoms with E-state index in [-0.39, 0.29) is 34.4 Å². The third-order valence-electron chi connectivity index (χ3n) is 5.32. The van der Waals surface area contributed by atoms with Crippen molar-refractivity contribution in [3.05, 3.63) is 76.0 Å². The maximum Gasteiger partial charge on any atom is 0.387 e. The van der Waals surface area contributed by atoms with Crippen LogP contribution in [0.1, 0.15) is 34.1 Å². The molecule has 1 N–H and O–H groups in total. The number of carbonyl (C=O) groups excluding carboxylic acids is 2. The number of hydrogen-bond acceptors (Lipinski definition) is 7. The second-order valence-corrected chi connectivity index (χ2v) is 9.80. The summed E-state index contributed by atoms with van der Waals surface area (Å²) in [5.74, 6) is -0.104. The van der Waals surface area contributed by atoms with Crippen LogP contribution in [0.15, 0.2) is 65.1 Å². The molecule has 3 aromatic rings. The predicted octanol–water partition coefficient (Wildman–Crippen LogP) is 6.46. The van der Waals surface area contributed by atoms with Gasteiger partial charge in [-0.25, -0.2) is 5.01 Å². The smallest absolute Gasteiger partial charge is 0.387 e. The van der Waals surface area contributed by atoms with Gasteiger partial charge in [0.2, 0.25) is 0 Å². The van der Waals surface area contributed by atoms with Gasteiger partial charge < -0.3 is 14.8 Å². The van der Waals surface area contributed by atoms with Crippen molar-refractivity contribution in [2.75, 3.05) is 12.4 Å². The zero-order valence-corrected chi connectivity index (χ0v) is 21.1. The Kier molecular flexibility index (Phi) is 8.21. The van der Waals surface area contributed by atoms with E-state index >= 15 is 0 Å². The lowest BCUT2D eigenvalue weighted by molar-refractivity contribution is -0.0512. The normalized spacial score (nSPS) is 15.6. The third-order valence-corrected chi connectivity index (χ3v) is 7.44. The van der Waals surface area contributed by atoms with Crippen LogP contribution in [0.2, 0.25) is 0 Å². The van der Waals surface area contributed by atoms with Crippen LogP contribution < -0.4 is 14.8 Å². The molecule has 7 nitrogen and oxygen atoms in total. The van der Waals surface area contributed by atoms with Crippen molar-refractivity contribution in [1.82, 2.24) is 5.01 Å². The molecule has 11 heteroatoms. The lowest BCUT2D eigenvalue weighted by atomic mass is 10.0. The number of benzene rings is 2. The second-order valence-electron chi connectivity index (χ2n) is 7.70. The van der Waals surface area contributed by atoms with Gasteiger partial charge in [0.15, 0.2) is 11.5 Å². The lowest BCUT2D eigenvalue weighted by Crippen LogP contribution is -2.34. The fraction of sp³-hybridized carbons (Fsp3) is 0.240. The number of anilines is 1. The zero-order valence-electron chi connectivity index (χ0n) is 19.4. The van der Waals surface area contributed by atoms with Gasteiger partial charge in [-0.05, 0) is 53.8 Å². The molecule has 2 amide bonds. The molecule has 0 spiro atoms. The molecule has 0 aliphatic carbocycles. The molecular weight excluding hydrogens is 508 g/mol. The molecule has 2 aromatic carbocycles. The van der Waals surface area contributed by atoms with Crippen molar-refractivity contribution >= 4 is 45.6 Å². The SMILES string of the molecule is CCC1SC(=O)N(Cc2ccc(NC(=O)c3cccs3)cc2)N=C1c1ccc(OC(F)F)c(OC)c1. The number of nitrogens with one attached hydrogen (secondary N) is 1. The van der Waals surface area contributed by atoms with Gasteiger partial charge in [0.05, 0.1) is 29.5 Å². The number of rotatable bonds is 9. The molecule has 0 saturated carbocycles. The summed E-state index contributed by atoms with van der Waals surface area (Å²) in [7, 11) is 1.37. The van der Waals surface area contributed by atoms with Gasteiger partial charge in [-0.2, -0.15) is 13.9 Å². The number of hydrazone groups is 1. The minimum atomic E-state index is -2.97. The number of methoxy groups -OCH3 is 1. The van der Waals surface area contributed by atoms with Crippen molar-refractivity contribution < 1.29 is 27.8 Å². The highest BCUT2D eigenvalue weighted by Crippen LogP contribution is 2.34. The summed E-state index contributed by atoms with van der Waals surface area (Å²) in [5, 5.41) is 10.3. The molecule has 36 heavy (non-hydrogen) atoms. The highest BCUT2D eigenvalue weighted by Gasteiger charge is 2.30. The van der Waals surface area contributed by atoms with E-state index in [1.54, 1.807) is 30.3 Å². The van der Waals surface area contributed by atoms with Crippen molar-refractivity contribution in [1.29, 1.82) is 0 Å². The number of carbonyl (C=O) groups is 2. The summed E-state index contributed by atoms with van der Waals surface area (Å²) >= 11 is 2.52. The number of thioether (sulfide) groups is 1. The maximum atomic E-state index is 12.8. The van der Waals surface area contributed by atoms with E-state index in [4.69, 9.17) is 4.74 Å². The average molecular weight is 532 g/mol. The summed E-state index contributed by atoms with van der Waals surface area (Å²) in [6.45, 7) is -0.793. The van der Waals surface area contributed by atoms with Crippen molar-refractivity contribution in [2.24, 2.45) is 5.10 Å². The first-order valence-corrected chi connectivity index (χ1v) is 12.8. The molecule has 2 heterocycles. The van der Waals surface area contributed by atoms with Gasteiger partial charge in [0, 0.05) is 11.3 Å². The maximum absolute atomic E-state index is 12.8. The first kappa shape index (κ1) is 25.6. The Labute approximate surface area is 215 Å². The van der Waals surface area contributed by atoms with Crippen LogP contribution in [-0.4, -0.2) is 40.8 Å². The Balaban J connectivity index is 1.53. The van der Waals surface area contributed by atoms with Gasteiger partial charge >= 0.3 is 11.9 Å². The number of thiophene rings is 1. The fourth-order valence-corrected chi connectivity index (χ4v) is 5.13. The molecule has 1 aliphatic heterocycles. The summed E-state index contributed by atoms with van der Waals surface area (Å²) in [5.41, 5.74) is 2.76. The topological polar surface area (TPSA) is 80.2 Å². The standard InChI is InChI=1S/C25H23F2N3O4S2/c1-3-20-22(16-8-11-18(34-24(26)27)19(13-16)33-2)29-30(25(32)36-20)14-15-6-9-17(10-7-15)28-23(31)21-5-4-12-35-21/h4-13,20,24H,3,14H2,1-2H3,(H,28,31). The predicted molar refractivity (Wildman–Crippen MR) is 137 cm³/mol. The van der Waals surface area contributed by atoms with Crippen molar-refractivity contribution in [2.45, 2.75) is 31.8 Å². The van der Waals surface area contributed by atoms with Gasteiger partial charge in [0.25, 0.3) is 5.91 Å². The molecule has 1 atom stereocenters. The van der Waals surface area contributed by atoms with E-state index in [1.807, 2.05) is 30.5 Å². The average Bonchev–Trinajstić information content (AvgIpc) is 3.41. The third kappa shape index (κ3) is 6.03. The molecule has 4 rings (SSSR count). The molecule has 0 radical (unpaired) electrons. The Bertz CT molecular complexity index is 1250. The van der Waals surface area contributed by atoms with Crippen LogP contribution in [0.25, 0.3) is 0 Å². The molecular formula is C25H23F2N3O4S2. The van der Waals surface area contributed by atoms with Crippen LogP contribution in [-0.2, 0) is 6.54 Å². The van der Waals surface area contributed by atoms with Crippen molar-refractivity contribution in [3.8, 4) is 11.5 Å². The summed E-state index contributed by atoms with van der Waals surface area (Å²) in [4.78, 5) is 25.6. The Morgan fingerprint density at radius 2 is 1.94 bits per heavy atom. The van der Waals surface area contributed by atoms with Crippen LogP contribution in [0, 0.1) is 0 Å². The number of alkyl halides is 2. The Morgan fingerprint density at radius 1 is 1.17 bits per heavy atom. The largest absolute Gasteiger partial charge is 0.493 e. The minimum Gasteiger partial charge on any atom is -0.493 e. The lowest BCUT2D eigenvalue weighted by Gasteiger charge is -2.28. The number of hydrogen-bond donors (Lipinski definition) is 1. The zero-order chi connectivity index (χ0) is 25.7. The quantitative estimate of drug-likeness (QED) is 0.343. The monoisotopic (exact) mass is 531 g/mol. The Morgan fingerprint density at radius 3 is 2.58 bits per heavy atom.